The zero-order valence-electron chi connectivity index (χ0n) is 24.5. The van der Waals surface area contributed by atoms with Gasteiger partial charge in [-0.05, 0) is 63.9 Å². The molecule has 2 aliphatic rings. The normalized spacial score (nSPS) is 17.1. The number of hydrogen-bond acceptors (Lipinski definition) is 5. The third kappa shape index (κ3) is 8.20. The third-order valence-electron chi connectivity index (χ3n) is 7.47. The number of alkyl halides is 2. The minimum Gasteiger partial charge on any atom is -0.487 e. The summed E-state index contributed by atoms with van der Waals surface area (Å²) in [6.45, 7) is 11.1. The minimum absolute atomic E-state index is 0.0412. The lowest BCUT2D eigenvalue weighted by Gasteiger charge is -2.34. The number of carbonyl (C=O) groups is 2. The highest BCUT2D eigenvalue weighted by molar-refractivity contribution is 5.94. The Bertz CT molecular complexity index is 1250. The van der Waals surface area contributed by atoms with E-state index < -0.39 is 23.8 Å². The van der Waals surface area contributed by atoms with Crippen molar-refractivity contribution in [1.82, 2.24) is 10.2 Å². The third-order valence-corrected chi connectivity index (χ3v) is 7.47. The Kier molecular flexibility index (Phi) is 9.74. The summed E-state index contributed by atoms with van der Waals surface area (Å²) in [7, 11) is 0. The van der Waals surface area contributed by atoms with Crippen LogP contribution in [-0.2, 0) is 10.7 Å². The number of halogens is 3. The molecule has 0 saturated carbocycles. The molecule has 1 N–H and O–H groups in total. The summed E-state index contributed by atoms with van der Waals surface area (Å²) in [4.78, 5) is 28.8. The van der Waals surface area contributed by atoms with Gasteiger partial charge in [-0.15, -0.1) is 6.58 Å². The van der Waals surface area contributed by atoms with Gasteiger partial charge >= 0.3 is 6.09 Å². The molecule has 2 amide bonds. The van der Waals surface area contributed by atoms with Crippen molar-refractivity contribution in [3.63, 3.8) is 0 Å². The van der Waals surface area contributed by atoms with Crippen LogP contribution in [-0.4, -0.2) is 60.8 Å². The number of hydrogen-bond donors (Lipinski definition) is 1. The molecule has 42 heavy (non-hydrogen) atoms. The molecule has 0 spiro atoms. The molecule has 7 nitrogen and oxygen atoms in total. The van der Waals surface area contributed by atoms with Gasteiger partial charge in [0.2, 0.25) is 0 Å². The fraction of sp³-hybridized carbons (Fsp3) is 0.500. The average Bonchev–Trinajstić information content (AvgIpc) is 2.94. The molecule has 4 rings (SSSR count). The molecule has 0 bridgehead atoms. The molecule has 2 heterocycles. The standard InChI is InChI=1S/C32H40F3N3O4/c1-5-16-32(34,35)23-7-9-25(10-8-23)37-19-14-26(15-20-37)41-28-11-6-22(21-27(28)33)29(39)36-24-12-17-38(18-13-24)30(40)42-31(2,3)4/h5-11,21,24,26H,1,12-20H2,2-4H3,(H,36,39). The summed E-state index contributed by atoms with van der Waals surface area (Å²) >= 11 is 0. The Morgan fingerprint density at radius 1 is 1.00 bits per heavy atom. The van der Waals surface area contributed by atoms with Crippen LogP contribution in [0.15, 0.2) is 55.1 Å². The second-order valence-corrected chi connectivity index (χ2v) is 11.9. The van der Waals surface area contributed by atoms with Crippen LogP contribution >= 0.6 is 0 Å². The number of rotatable bonds is 8. The fourth-order valence-corrected chi connectivity index (χ4v) is 5.17. The number of nitrogens with one attached hydrogen (secondary N) is 1. The molecule has 0 unspecified atom stereocenters. The van der Waals surface area contributed by atoms with E-state index in [1.165, 1.54) is 30.3 Å². The van der Waals surface area contributed by atoms with Crippen LogP contribution < -0.4 is 15.0 Å². The number of nitrogens with zero attached hydrogens (tertiary/aromatic N) is 2. The van der Waals surface area contributed by atoms with E-state index in [2.05, 4.69) is 16.8 Å². The number of ether oxygens (including phenoxy) is 2. The average molecular weight is 588 g/mol. The molecular formula is C32H40F3N3O4. The predicted molar refractivity (Wildman–Crippen MR) is 156 cm³/mol. The SMILES string of the molecule is C=CCC(F)(F)c1ccc(N2CCC(Oc3ccc(C(=O)NC4CCN(C(=O)OC(C)(C)C)CC4)cc3F)CC2)cc1. The number of anilines is 1. The van der Waals surface area contributed by atoms with Gasteiger partial charge in [0.05, 0.1) is 0 Å². The van der Waals surface area contributed by atoms with Gasteiger partial charge in [-0.3, -0.25) is 4.79 Å². The maximum atomic E-state index is 14.9. The Balaban J connectivity index is 1.24. The number of allylic oxidation sites excluding steroid dienone is 1. The van der Waals surface area contributed by atoms with Crippen molar-refractivity contribution in [2.24, 2.45) is 0 Å². The maximum Gasteiger partial charge on any atom is 0.410 e. The van der Waals surface area contributed by atoms with Gasteiger partial charge in [-0.25, -0.2) is 18.0 Å². The van der Waals surface area contributed by atoms with Crippen molar-refractivity contribution in [3.8, 4) is 5.75 Å². The second kappa shape index (κ2) is 13.1. The van der Waals surface area contributed by atoms with Gasteiger partial charge in [0.25, 0.3) is 11.8 Å². The molecular weight excluding hydrogens is 547 g/mol. The topological polar surface area (TPSA) is 71.1 Å². The Labute approximate surface area is 245 Å². The lowest BCUT2D eigenvalue weighted by atomic mass is 10.0. The van der Waals surface area contributed by atoms with Crippen LogP contribution in [0.1, 0.15) is 68.8 Å². The van der Waals surface area contributed by atoms with Crippen LogP contribution in [0.2, 0.25) is 0 Å². The molecule has 2 aliphatic heterocycles. The Hall–Kier alpha value is -3.69. The van der Waals surface area contributed by atoms with Crippen LogP contribution in [0.5, 0.6) is 5.75 Å². The minimum atomic E-state index is -2.94. The highest BCUT2D eigenvalue weighted by Gasteiger charge is 2.31. The van der Waals surface area contributed by atoms with Crippen LogP contribution in [0, 0.1) is 5.82 Å². The van der Waals surface area contributed by atoms with Gasteiger partial charge in [0, 0.05) is 68.3 Å². The van der Waals surface area contributed by atoms with Crippen molar-refractivity contribution < 1.29 is 32.2 Å². The van der Waals surface area contributed by atoms with E-state index in [0.717, 1.165) is 5.69 Å². The van der Waals surface area contributed by atoms with Gasteiger partial charge in [-0.1, -0.05) is 18.2 Å². The van der Waals surface area contributed by atoms with Gasteiger partial charge < -0.3 is 24.6 Å². The van der Waals surface area contributed by atoms with Crippen molar-refractivity contribution >= 4 is 17.7 Å². The smallest absolute Gasteiger partial charge is 0.410 e. The number of carbonyl (C=O) groups excluding carboxylic acids is 2. The quantitative estimate of drug-likeness (QED) is 0.350. The molecule has 2 fully saturated rings. The lowest BCUT2D eigenvalue weighted by Crippen LogP contribution is -2.47. The molecule has 228 valence electrons. The monoisotopic (exact) mass is 587 g/mol. The fourth-order valence-electron chi connectivity index (χ4n) is 5.17. The van der Waals surface area contributed by atoms with Crippen molar-refractivity contribution in [2.75, 3.05) is 31.1 Å². The van der Waals surface area contributed by atoms with Crippen LogP contribution in [0.3, 0.4) is 0 Å². The van der Waals surface area contributed by atoms with Crippen molar-refractivity contribution in [3.05, 3.63) is 72.1 Å². The highest BCUT2D eigenvalue weighted by atomic mass is 19.3. The highest BCUT2D eigenvalue weighted by Crippen LogP contribution is 2.33. The van der Waals surface area contributed by atoms with E-state index in [4.69, 9.17) is 9.47 Å². The molecule has 2 aromatic rings. The number of amides is 2. The second-order valence-electron chi connectivity index (χ2n) is 11.9. The summed E-state index contributed by atoms with van der Waals surface area (Å²) < 4.78 is 54.4. The summed E-state index contributed by atoms with van der Waals surface area (Å²) in [5, 5.41) is 2.93. The zero-order chi connectivity index (χ0) is 30.5. The van der Waals surface area contributed by atoms with E-state index in [9.17, 15) is 22.8 Å². The summed E-state index contributed by atoms with van der Waals surface area (Å²) in [5.74, 6) is -3.84. The maximum absolute atomic E-state index is 14.9. The molecule has 0 atom stereocenters. The van der Waals surface area contributed by atoms with Crippen molar-refractivity contribution in [2.45, 2.75) is 76.5 Å². The summed E-state index contributed by atoms with van der Waals surface area (Å²) in [6, 6.07) is 10.4. The van der Waals surface area contributed by atoms with E-state index in [0.29, 0.717) is 51.9 Å². The first kappa shape index (κ1) is 31.3. The molecule has 2 saturated heterocycles. The molecule has 10 heteroatoms. The van der Waals surface area contributed by atoms with E-state index in [1.807, 2.05) is 20.8 Å². The van der Waals surface area contributed by atoms with E-state index >= 15 is 0 Å². The predicted octanol–water partition coefficient (Wildman–Crippen LogP) is 6.67. The molecule has 0 radical (unpaired) electrons. The van der Waals surface area contributed by atoms with Crippen LogP contribution in [0.25, 0.3) is 0 Å². The first-order valence-electron chi connectivity index (χ1n) is 14.4. The van der Waals surface area contributed by atoms with Crippen molar-refractivity contribution in [1.29, 1.82) is 0 Å². The molecule has 0 aromatic heterocycles. The lowest BCUT2D eigenvalue weighted by molar-refractivity contribution is -0.000878. The van der Waals surface area contributed by atoms with E-state index in [-0.39, 0.29) is 41.0 Å². The van der Waals surface area contributed by atoms with Crippen LogP contribution in [0.4, 0.5) is 23.7 Å². The van der Waals surface area contributed by atoms with E-state index in [1.54, 1.807) is 23.1 Å². The first-order chi connectivity index (χ1) is 19.8. The number of piperidine rings is 2. The molecule has 0 aliphatic carbocycles. The van der Waals surface area contributed by atoms with Gasteiger partial charge in [-0.2, -0.15) is 0 Å². The first-order valence-corrected chi connectivity index (χ1v) is 14.4. The number of likely N-dealkylation sites (tertiary alicyclic amines) is 1. The van der Waals surface area contributed by atoms with Gasteiger partial charge in [0.1, 0.15) is 11.7 Å². The Morgan fingerprint density at radius 2 is 1.64 bits per heavy atom. The Morgan fingerprint density at radius 3 is 2.21 bits per heavy atom. The summed E-state index contributed by atoms with van der Waals surface area (Å²) in [6.07, 6.45) is 2.67. The largest absolute Gasteiger partial charge is 0.487 e. The summed E-state index contributed by atoms with van der Waals surface area (Å²) in [5.41, 5.74) is 0.443. The number of benzene rings is 2. The molecule has 2 aromatic carbocycles. The van der Waals surface area contributed by atoms with Gasteiger partial charge in [0.15, 0.2) is 11.6 Å². The zero-order valence-corrected chi connectivity index (χ0v) is 24.5.